The number of carbonyl (C=O) groups is 1. The fraction of sp³-hybridized carbons (Fsp3) is 0.955. The Balaban J connectivity index is 1.71. The molecule has 0 N–H and O–H groups in total. The van der Waals surface area contributed by atoms with E-state index < -0.39 is 0 Å². The van der Waals surface area contributed by atoms with E-state index in [4.69, 9.17) is 0 Å². The van der Waals surface area contributed by atoms with Crippen molar-refractivity contribution >= 4 is 6.03 Å². The molecule has 0 unspecified atom stereocenters. The Morgan fingerprint density at radius 3 is 1.40 bits per heavy atom. The SMILES string of the molecule is CCCCCCCCCCCCCCCCCCN1CCN(C)C1=O. The first-order chi connectivity index (χ1) is 12.3. The maximum Gasteiger partial charge on any atom is 0.319 e. The van der Waals surface area contributed by atoms with Crippen molar-refractivity contribution in [1.29, 1.82) is 0 Å². The third-order valence-electron chi connectivity index (χ3n) is 5.58. The summed E-state index contributed by atoms with van der Waals surface area (Å²) >= 11 is 0. The number of likely N-dealkylation sites (N-methyl/N-ethyl adjacent to an activating group) is 1. The predicted octanol–water partition coefficient (Wildman–Crippen LogP) is 6.62. The second kappa shape index (κ2) is 15.5. The molecule has 1 saturated heterocycles. The minimum atomic E-state index is 0.223. The lowest BCUT2D eigenvalue weighted by molar-refractivity contribution is 0.198. The summed E-state index contributed by atoms with van der Waals surface area (Å²) in [5, 5.41) is 0. The zero-order chi connectivity index (χ0) is 18.2. The number of nitrogens with zero attached hydrogens (tertiary/aromatic N) is 2. The molecule has 0 aliphatic carbocycles. The molecule has 0 aromatic carbocycles. The number of rotatable bonds is 17. The average Bonchev–Trinajstić information content (AvgIpc) is 2.93. The van der Waals surface area contributed by atoms with E-state index in [0.717, 1.165) is 19.6 Å². The molecule has 0 spiro atoms. The summed E-state index contributed by atoms with van der Waals surface area (Å²) in [7, 11) is 1.90. The van der Waals surface area contributed by atoms with E-state index in [9.17, 15) is 4.79 Å². The monoisotopic (exact) mass is 352 g/mol. The van der Waals surface area contributed by atoms with E-state index in [1.54, 1.807) is 0 Å². The minimum absolute atomic E-state index is 0.223. The normalized spacial score (nSPS) is 14.7. The molecule has 3 heteroatoms. The summed E-state index contributed by atoms with van der Waals surface area (Å²) in [5.74, 6) is 0. The molecular formula is C22H44N2O. The Bertz CT molecular complexity index is 319. The highest BCUT2D eigenvalue weighted by atomic mass is 16.2. The van der Waals surface area contributed by atoms with Gasteiger partial charge in [-0.05, 0) is 6.42 Å². The van der Waals surface area contributed by atoms with Crippen LogP contribution in [0.5, 0.6) is 0 Å². The Morgan fingerprint density at radius 2 is 1.04 bits per heavy atom. The smallest absolute Gasteiger partial charge is 0.319 e. The van der Waals surface area contributed by atoms with Gasteiger partial charge in [-0.3, -0.25) is 0 Å². The van der Waals surface area contributed by atoms with Crippen LogP contribution < -0.4 is 0 Å². The van der Waals surface area contributed by atoms with E-state index >= 15 is 0 Å². The lowest BCUT2D eigenvalue weighted by atomic mass is 10.0. The molecule has 25 heavy (non-hydrogen) atoms. The van der Waals surface area contributed by atoms with Crippen molar-refractivity contribution in [3.8, 4) is 0 Å². The molecule has 0 atom stereocenters. The molecule has 1 rings (SSSR count). The summed E-state index contributed by atoms with van der Waals surface area (Å²) in [6.07, 6.45) is 22.4. The maximum absolute atomic E-state index is 11.7. The van der Waals surface area contributed by atoms with Gasteiger partial charge >= 0.3 is 6.03 Å². The van der Waals surface area contributed by atoms with Gasteiger partial charge < -0.3 is 9.80 Å². The van der Waals surface area contributed by atoms with Crippen molar-refractivity contribution in [2.45, 2.75) is 110 Å². The second-order valence-corrected chi connectivity index (χ2v) is 7.99. The second-order valence-electron chi connectivity index (χ2n) is 7.99. The highest BCUT2D eigenvalue weighted by molar-refractivity contribution is 5.76. The van der Waals surface area contributed by atoms with E-state index in [-0.39, 0.29) is 6.03 Å². The standard InChI is InChI=1S/C22H44N2O/c1-3-4-5-6-7-8-9-10-11-12-13-14-15-16-17-18-19-24-21-20-23(2)22(24)25/h3-21H2,1-2H3. The van der Waals surface area contributed by atoms with Gasteiger partial charge in [-0.2, -0.15) is 0 Å². The zero-order valence-corrected chi connectivity index (χ0v) is 17.2. The summed E-state index contributed by atoms with van der Waals surface area (Å²) in [6, 6.07) is 0.223. The molecule has 1 aliphatic rings. The van der Waals surface area contributed by atoms with Gasteiger partial charge in [-0.15, -0.1) is 0 Å². The van der Waals surface area contributed by atoms with Crippen LogP contribution in [0.25, 0.3) is 0 Å². The van der Waals surface area contributed by atoms with Gasteiger partial charge in [0.25, 0.3) is 0 Å². The molecule has 0 aromatic heterocycles. The maximum atomic E-state index is 11.7. The lowest BCUT2D eigenvalue weighted by Gasteiger charge is -2.15. The molecule has 148 valence electrons. The van der Waals surface area contributed by atoms with E-state index in [1.165, 1.54) is 103 Å². The van der Waals surface area contributed by atoms with Gasteiger partial charge in [0.2, 0.25) is 0 Å². The van der Waals surface area contributed by atoms with Crippen LogP contribution >= 0.6 is 0 Å². The third kappa shape index (κ3) is 11.5. The highest BCUT2D eigenvalue weighted by Crippen LogP contribution is 2.14. The van der Waals surface area contributed by atoms with Crippen molar-refractivity contribution in [3.63, 3.8) is 0 Å². The third-order valence-corrected chi connectivity index (χ3v) is 5.58. The van der Waals surface area contributed by atoms with Crippen molar-refractivity contribution < 1.29 is 4.79 Å². The molecule has 3 nitrogen and oxygen atoms in total. The summed E-state index contributed by atoms with van der Waals surface area (Å²) in [6.45, 7) is 5.07. The van der Waals surface area contributed by atoms with Gasteiger partial charge in [0.05, 0.1) is 0 Å². The van der Waals surface area contributed by atoms with E-state index in [2.05, 4.69) is 6.92 Å². The van der Waals surface area contributed by atoms with Crippen molar-refractivity contribution in [1.82, 2.24) is 9.80 Å². The highest BCUT2D eigenvalue weighted by Gasteiger charge is 2.23. The van der Waals surface area contributed by atoms with Crippen molar-refractivity contribution in [3.05, 3.63) is 0 Å². The van der Waals surface area contributed by atoms with Crippen LogP contribution in [0, 0.1) is 0 Å². The van der Waals surface area contributed by atoms with Crippen LogP contribution in [0.15, 0.2) is 0 Å². The number of unbranched alkanes of at least 4 members (excludes halogenated alkanes) is 15. The van der Waals surface area contributed by atoms with Gasteiger partial charge in [0.15, 0.2) is 0 Å². The molecule has 1 heterocycles. The number of amides is 2. The number of carbonyl (C=O) groups excluding carboxylic acids is 1. The summed E-state index contributed by atoms with van der Waals surface area (Å²) < 4.78 is 0. The quantitative estimate of drug-likeness (QED) is 0.270. The predicted molar refractivity (Wildman–Crippen MR) is 109 cm³/mol. The first-order valence-electron chi connectivity index (χ1n) is 11.3. The van der Waals surface area contributed by atoms with Gasteiger partial charge in [0, 0.05) is 26.7 Å². The number of hydrogen-bond donors (Lipinski definition) is 0. The molecule has 1 aliphatic heterocycles. The van der Waals surface area contributed by atoms with Crippen LogP contribution in [0.4, 0.5) is 4.79 Å². The van der Waals surface area contributed by atoms with Gasteiger partial charge in [-0.1, -0.05) is 103 Å². The number of urea groups is 1. The zero-order valence-electron chi connectivity index (χ0n) is 17.2. The molecule has 1 fully saturated rings. The lowest BCUT2D eigenvalue weighted by Crippen LogP contribution is -2.30. The van der Waals surface area contributed by atoms with Crippen LogP contribution in [-0.2, 0) is 0 Å². The average molecular weight is 353 g/mol. The van der Waals surface area contributed by atoms with Crippen LogP contribution in [0.1, 0.15) is 110 Å². The van der Waals surface area contributed by atoms with Crippen molar-refractivity contribution in [2.75, 3.05) is 26.7 Å². The van der Waals surface area contributed by atoms with Crippen molar-refractivity contribution in [2.24, 2.45) is 0 Å². The largest absolute Gasteiger partial charge is 0.326 e. The fourth-order valence-electron chi connectivity index (χ4n) is 3.76. The topological polar surface area (TPSA) is 23.6 Å². The number of hydrogen-bond acceptors (Lipinski definition) is 1. The first kappa shape index (κ1) is 22.3. The van der Waals surface area contributed by atoms with Gasteiger partial charge in [-0.25, -0.2) is 4.79 Å². The van der Waals surface area contributed by atoms with Crippen LogP contribution in [0.3, 0.4) is 0 Å². The molecule has 0 radical (unpaired) electrons. The summed E-state index contributed by atoms with van der Waals surface area (Å²) in [4.78, 5) is 15.6. The van der Waals surface area contributed by atoms with Crippen LogP contribution in [-0.4, -0.2) is 42.5 Å². The van der Waals surface area contributed by atoms with Crippen LogP contribution in [0.2, 0.25) is 0 Å². The molecule has 0 aromatic rings. The fourth-order valence-corrected chi connectivity index (χ4v) is 3.76. The summed E-state index contributed by atoms with van der Waals surface area (Å²) in [5.41, 5.74) is 0. The van der Waals surface area contributed by atoms with E-state index in [1.807, 2.05) is 16.8 Å². The molecule has 0 bridgehead atoms. The first-order valence-corrected chi connectivity index (χ1v) is 11.3. The molecule has 0 saturated carbocycles. The Morgan fingerprint density at radius 1 is 0.640 bits per heavy atom. The van der Waals surface area contributed by atoms with E-state index in [0.29, 0.717) is 0 Å². The molecule has 2 amide bonds. The Hall–Kier alpha value is -0.730. The Labute approximate surface area is 157 Å². The van der Waals surface area contributed by atoms with Gasteiger partial charge in [0.1, 0.15) is 0 Å². The minimum Gasteiger partial charge on any atom is -0.326 e. The molecular weight excluding hydrogens is 308 g/mol. The Kier molecular flexibility index (Phi) is 13.8.